The van der Waals surface area contributed by atoms with Crippen molar-refractivity contribution in [1.82, 2.24) is 20.8 Å². The topological polar surface area (TPSA) is 93.8 Å². The van der Waals surface area contributed by atoms with Crippen molar-refractivity contribution in [3.05, 3.63) is 11.7 Å². The van der Waals surface area contributed by atoms with Crippen LogP contribution in [0.4, 0.5) is 0 Å². The summed E-state index contributed by atoms with van der Waals surface area (Å²) in [6.07, 6.45) is 2.88. The summed E-state index contributed by atoms with van der Waals surface area (Å²) in [6.45, 7) is 7.87. The Balaban J connectivity index is 0.00000312. The van der Waals surface area contributed by atoms with Crippen molar-refractivity contribution < 1.29 is 14.0 Å². The summed E-state index contributed by atoms with van der Waals surface area (Å²) in [7, 11) is 1.76. The predicted molar refractivity (Wildman–Crippen MR) is 107 cm³/mol. The van der Waals surface area contributed by atoms with E-state index in [1.54, 1.807) is 7.05 Å². The lowest BCUT2D eigenvalue weighted by Crippen LogP contribution is -2.39. The molecule has 9 heteroatoms. The van der Waals surface area contributed by atoms with E-state index in [0.717, 1.165) is 51.0 Å². The van der Waals surface area contributed by atoms with Crippen LogP contribution < -0.4 is 10.6 Å². The molecule has 8 nitrogen and oxygen atoms in total. The first kappa shape index (κ1) is 22.1. The van der Waals surface area contributed by atoms with Crippen molar-refractivity contribution in [2.75, 3.05) is 40.0 Å². The lowest BCUT2D eigenvalue weighted by Gasteiger charge is -2.12. The van der Waals surface area contributed by atoms with Gasteiger partial charge in [-0.05, 0) is 12.8 Å². The van der Waals surface area contributed by atoms with Gasteiger partial charge in [0.25, 0.3) is 0 Å². The molecule has 0 aliphatic carbocycles. The first-order valence-electron chi connectivity index (χ1n) is 8.65. The quantitative estimate of drug-likeness (QED) is 0.247. The number of nitrogens with zero attached hydrogens (tertiary/aromatic N) is 3. The fourth-order valence-electron chi connectivity index (χ4n) is 2.29. The maximum Gasteiger partial charge on any atom is 0.228 e. The van der Waals surface area contributed by atoms with Gasteiger partial charge in [-0.3, -0.25) is 4.99 Å². The van der Waals surface area contributed by atoms with Crippen LogP contribution in [0.3, 0.4) is 0 Å². The molecule has 1 unspecified atom stereocenters. The molecular formula is C16H30IN5O3. The monoisotopic (exact) mass is 467 g/mol. The first-order chi connectivity index (χ1) is 11.7. The van der Waals surface area contributed by atoms with Gasteiger partial charge in [0.1, 0.15) is 0 Å². The average Bonchev–Trinajstić information content (AvgIpc) is 3.24. The Kier molecular flexibility index (Phi) is 11.0. The fourth-order valence-corrected chi connectivity index (χ4v) is 2.29. The zero-order valence-corrected chi connectivity index (χ0v) is 17.6. The van der Waals surface area contributed by atoms with E-state index in [1.807, 2.05) is 13.8 Å². The van der Waals surface area contributed by atoms with E-state index in [1.165, 1.54) is 0 Å². The molecule has 1 fully saturated rings. The number of nitrogens with one attached hydrogen (secondary N) is 2. The Morgan fingerprint density at radius 3 is 2.80 bits per heavy atom. The smallest absolute Gasteiger partial charge is 0.228 e. The zero-order valence-electron chi connectivity index (χ0n) is 15.3. The van der Waals surface area contributed by atoms with Gasteiger partial charge in [0, 0.05) is 45.7 Å². The Morgan fingerprint density at radius 2 is 2.16 bits per heavy atom. The maximum absolute atomic E-state index is 5.73. The highest BCUT2D eigenvalue weighted by Gasteiger charge is 2.15. The summed E-state index contributed by atoms with van der Waals surface area (Å²) in [5.41, 5.74) is 0. The molecule has 0 amide bonds. The van der Waals surface area contributed by atoms with Crippen molar-refractivity contribution in [3.8, 4) is 0 Å². The molecule has 0 radical (unpaired) electrons. The third kappa shape index (κ3) is 8.32. The second-order valence-corrected chi connectivity index (χ2v) is 6.09. The van der Waals surface area contributed by atoms with Crippen molar-refractivity contribution >= 4 is 29.9 Å². The van der Waals surface area contributed by atoms with Crippen molar-refractivity contribution in [3.63, 3.8) is 0 Å². The van der Waals surface area contributed by atoms with Crippen LogP contribution in [0.5, 0.6) is 0 Å². The molecule has 0 bridgehead atoms. The van der Waals surface area contributed by atoms with Crippen LogP contribution in [-0.2, 0) is 15.9 Å². The van der Waals surface area contributed by atoms with E-state index >= 15 is 0 Å². The molecular weight excluding hydrogens is 437 g/mol. The molecule has 2 heterocycles. The highest BCUT2D eigenvalue weighted by molar-refractivity contribution is 14.0. The van der Waals surface area contributed by atoms with Crippen molar-refractivity contribution in [1.29, 1.82) is 0 Å². The predicted octanol–water partition coefficient (Wildman–Crippen LogP) is 1.71. The number of aromatic nitrogens is 2. The Hall–Kier alpha value is -0.940. The van der Waals surface area contributed by atoms with Gasteiger partial charge in [0.05, 0.1) is 12.7 Å². The van der Waals surface area contributed by atoms with Crippen molar-refractivity contribution in [2.45, 2.75) is 45.1 Å². The Labute approximate surface area is 166 Å². The number of aliphatic imine (C=N–C) groups is 1. The van der Waals surface area contributed by atoms with Crippen LogP contribution in [0.25, 0.3) is 0 Å². The van der Waals surface area contributed by atoms with E-state index in [2.05, 4.69) is 25.8 Å². The lowest BCUT2D eigenvalue weighted by molar-refractivity contribution is 0.0420. The number of ether oxygens (including phenoxy) is 2. The van der Waals surface area contributed by atoms with E-state index in [4.69, 9.17) is 14.0 Å². The molecule has 2 rings (SSSR count). The minimum absolute atomic E-state index is 0. The van der Waals surface area contributed by atoms with Crippen LogP contribution >= 0.6 is 24.0 Å². The SMILES string of the molecule is CN=C(NCCCOC1CCOC1)NCCc1nc(C(C)C)no1.I. The number of hydrogen-bond donors (Lipinski definition) is 2. The van der Waals surface area contributed by atoms with Crippen molar-refractivity contribution in [2.24, 2.45) is 4.99 Å². The molecule has 1 saturated heterocycles. The molecule has 1 aliphatic heterocycles. The second-order valence-electron chi connectivity index (χ2n) is 6.09. The molecule has 1 aromatic rings. The van der Waals surface area contributed by atoms with Crippen LogP contribution in [0.1, 0.15) is 44.3 Å². The largest absolute Gasteiger partial charge is 0.379 e. The van der Waals surface area contributed by atoms with Crippen LogP contribution in [0.2, 0.25) is 0 Å². The van der Waals surface area contributed by atoms with Crippen LogP contribution in [-0.4, -0.2) is 62.2 Å². The summed E-state index contributed by atoms with van der Waals surface area (Å²) in [5, 5.41) is 10.5. The number of guanidine groups is 1. The third-order valence-electron chi connectivity index (χ3n) is 3.71. The maximum atomic E-state index is 5.73. The van der Waals surface area contributed by atoms with Gasteiger partial charge in [0.2, 0.25) is 5.89 Å². The normalized spacial score (nSPS) is 17.6. The zero-order chi connectivity index (χ0) is 17.2. The molecule has 144 valence electrons. The molecule has 2 N–H and O–H groups in total. The van der Waals surface area contributed by atoms with E-state index < -0.39 is 0 Å². The molecule has 0 aromatic carbocycles. The minimum Gasteiger partial charge on any atom is -0.379 e. The van der Waals surface area contributed by atoms with E-state index in [9.17, 15) is 0 Å². The third-order valence-corrected chi connectivity index (χ3v) is 3.71. The van der Waals surface area contributed by atoms with Crippen LogP contribution in [0, 0.1) is 0 Å². The van der Waals surface area contributed by atoms with Gasteiger partial charge in [-0.2, -0.15) is 4.98 Å². The first-order valence-corrected chi connectivity index (χ1v) is 8.65. The van der Waals surface area contributed by atoms with Gasteiger partial charge in [0.15, 0.2) is 11.8 Å². The number of hydrogen-bond acceptors (Lipinski definition) is 6. The standard InChI is InChI=1S/C16H29N5O3.HI/c1-12(2)15-20-14(24-21-15)5-8-19-16(17-3)18-7-4-9-23-13-6-10-22-11-13;/h12-13H,4-11H2,1-3H3,(H2,17,18,19);1H. The molecule has 1 aliphatic rings. The van der Waals surface area contributed by atoms with Gasteiger partial charge in [-0.1, -0.05) is 19.0 Å². The van der Waals surface area contributed by atoms with Gasteiger partial charge >= 0.3 is 0 Å². The minimum atomic E-state index is 0. The molecule has 0 spiro atoms. The van der Waals surface area contributed by atoms with Gasteiger partial charge in [-0.15, -0.1) is 24.0 Å². The summed E-state index contributed by atoms with van der Waals surface area (Å²) in [6, 6.07) is 0. The molecule has 1 atom stereocenters. The summed E-state index contributed by atoms with van der Waals surface area (Å²) >= 11 is 0. The van der Waals surface area contributed by atoms with Crippen LogP contribution in [0.15, 0.2) is 9.52 Å². The summed E-state index contributed by atoms with van der Waals surface area (Å²) in [5.74, 6) is 2.44. The molecule has 25 heavy (non-hydrogen) atoms. The number of halogens is 1. The average molecular weight is 467 g/mol. The fraction of sp³-hybridized carbons (Fsp3) is 0.812. The lowest BCUT2D eigenvalue weighted by atomic mass is 10.2. The Morgan fingerprint density at radius 1 is 1.36 bits per heavy atom. The van der Waals surface area contributed by atoms with Gasteiger partial charge in [-0.25, -0.2) is 0 Å². The Bertz CT molecular complexity index is 504. The molecule has 1 aromatic heterocycles. The molecule has 0 saturated carbocycles. The van der Waals surface area contributed by atoms with Gasteiger partial charge < -0.3 is 24.6 Å². The highest BCUT2D eigenvalue weighted by Crippen LogP contribution is 2.09. The highest BCUT2D eigenvalue weighted by atomic mass is 127. The summed E-state index contributed by atoms with van der Waals surface area (Å²) in [4.78, 5) is 8.55. The number of rotatable bonds is 9. The van der Waals surface area contributed by atoms with E-state index in [0.29, 0.717) is 18.9 Å². The second kappa shape index (κ2) is 12.4. The van der Waals surface area contributed by atoms with E-state index in [-0.39, 0.29) is 36.0 Å². The summed E-state index contributed by atoms with van der Waals surface area (Å²) < 4.78 is 16.2.